The van der Waals surface area contributed by atoms with E-state index in [1.807, 2.05) is 31.2 Å². The second kappa shape index (κ2) is 7.94. The molecule has 0 saturated carbocycles. The van der Waals surface area contributed by atoms with Crippen LogP contribution >= 0.6 is 0 Å². The molecule has 5 rings (SSSR count). The summed E-state index contributed by atoms with van der Waals surface area (Å²) in [5.74, 6) is 0.219. The highest BCUT2D eigenvalue weighted by atomic mass is 19.1. The molecule has 4 aromatic rings. The first kappa shape index (κ1) is 19.4. The van der Waals surface area contributed by atoms with Crippen molar-refractivity contribution in [2.75, 3.05) is 24.6 Å². The number of para-hydroxylation sites is 1. The Morgan fingerprint density at radius 2 is 1.87 bits per heavy atom. The highest BCUT2D eigenvalue weighted by Crippen LogP contribution is 2.32. The fraction of sp³-hybridized carbons (Fsp3) is 0.304. The van der Waals surface area contributed by atoms with E-state index in [-0.39, 0.29) is 17.7 Å². The maximum absolute atomic E-state index is 14.5. The summed E-state index contributed by atoms with van der Waals surface area (Å²) in [6.45, 7) is 3.60. The predicted molar refractivity (Wildman–Crippen MR) is 115 cm³/mol. The number of halogens is 1. The number of nitrogens with zero attached hydrogens (tertiary/aromatic N) is 5. The van der Waals surface area contributed by atoms with Gasteiger partial charge in [-0.3, -0.25) is 4.79 Å². The molecule has 0 N–H and O–H groups in total. The van der Waals surface area contributed by atoms with Gasteiger partial charge in [0.15, 0.2) is 5.65 Å². The lowest BCUT2D eigenvalue weighted by Gasteiger charge is -2.32. The quantitative estimate of drug-likeness (QED) is 0.468. The highest BCUT2D eigenvalue weighted by molar-refractivity contribution is 5.93. The molecule has 0 radical (unpaired) electrons. The summed E-state index contributed by atoms with van der Waals surface area (Å²) in [5.41, 5.74) is 2.13. The maximum Gasteiger partial charge on any atom is 0.309 e. The molecule has 0 aliphatic carbocycles. The molecule has 3 heterocycles. The number of rotatable bonds is 4. The number of hydrogen-bond donors (Lipinski definition) is 0. The minimum Gasteiger partial charge on any atom is -0.466 e. The number of carbonyl (C=O) groups is 1. The van der Waals surface area contributed by atoms with Crippen molar-refractivity contribution in [1.29, 1.82) is 0 Å². The SMILES string of the molecule is CCOC(=O)C1CCN(c2nc3c(-c4ccccc4F)nnn3c3ccccc23)CC1. The van der Waals surface area contributed by atoms with Gasteiger partial charge in [-0.1, -0.05) is 29.5 Å². The molecule has 7 nitrogen and oxygen atoms in total. The van der Waals surface area contributed by atoms with Crippen LogP contribution in [0, 0.1) is 11.7 Å². The Morgan fingerprint density at radius 1 is 1.13 bits per heavy atom. The lowest BCUT2D eigenvalue weighted by molar-refractivity contribution is -0.148. The Hall–Kier alpha value is -3.55. The highest BCUT2D eigenvalue weighted by Gasteiger charge is 2.28. The lowest BCUT2D eigenvalue weighted by atomic mass is 9.97. The van der Waals surface area contributed by atoms with Gasteiger partial charge < -0.3 is 9.64 Å². The summed E-state index contributed by atoms with van der Waals surface area (Å²) in [4.78, 5) is 19.2. The van der Waals surface area contributed by atoms with Gasteiger partial charge in [0.2, 0.25) is 0 Å². The normalized spacial score (nSPS) is 15.0. The first-order valence-corrected chi connectivity index (χ1v) is 10.5. The van der Waals surface area contributed by atoms with E-state index in [1.165, 1.54) is 6.07 Å². The molecule has 1 saturated heterocycles. The largest absolute Gasteiger partial charge is 0.466 e. The Morgan fingerprint density at radius 3 is 2.65 bits per heavy atom. The molecule has 1 aliphatic rings. The van der Waals surface area contributed by atoms with Gasteiger partial charge in [-0.2, -0.15) is 4.52 Å². The van der Waals surface area contributed by atoms with Crippen molar-refractivity contribution in [3.63, 3.8) is 0 Å². The summed E-state index contributed by atoms with van der Waals surface area (Å²) in [6, 6.07) is 14.3. The number of piperidine rings is 1. The molecule has 0 spiro atoms. The van der Waals surface area contributed by atoms with E-state index < -0.39 is 0 Å². The standard InChI is InChI=1S/C23H22FN5O2/c1-2-31-23(30)15-11-13-28(14-12-15)21-17-8-4-6-10-19(17)29-22(25-21)20(26-27-29)16-7-3-5-9-18(16)24/h3-10,15H,2,11-14H2,1H3. The zero-order chi connectivity index (χ0) is 21.4. The molecule has 1 fully saturated rings. The van der Waals surface area contributed by atoms with E-state index in [2.05, 4.69) is 15.2 Å². The fourth-order valence-corrected chi connectivity index (χ4v) is 4.20. The minimum atomic E-state index is -0.364. The Balaban J connectivity index is 1.59. The molecule has 158 valence electrons. The number of carbonyl (C=O) groups excluding carboxylic acids is 1. The maximum atomic E-state index is 14.5. The number of hydrogen-bond acceptors (Lipinski definition) is 6. The lowest BCUT2D eigenvalue weighted by Crippen LogP contribution is -2.37. The summed E-state index contributed by atoms with van der Waals surface area (Å²) in [5, 5.41) is 9.45. The van der Waals surface area contributed by atoms with Crippen molar-refractivity contribution < 1.29 is 13.9 Å². The molecule has 2 aromatic heterocycles. The van der Waals surface area contributed by atoms with Gasteiger partial charge in [-0.25, -0.2) is 9.37 Å². The number of ether oxygens (including phenoxy) is 1. The number of benzene rings is 2. The van der Waals surface area contributed by atoms with E-state index in [9.17, 15) is 9.18 Å². The summed E-state index contributed by atoms with van der Waals surface area (Å²) in [7, 11) is 0. The van der Waals surface area contributed by atoms with Crippen LogP contribution < -0.4 is 4.90 Å². The van der Waals surface area contributed by atoms with Crippen molar-refractivity contribution in [1.82, 2.24) is 19.8 Å². The molecule has 0 amide bonds. The molecule has 0 atom stereocenters. The average molecular weight is 419 g/mol. The summed E-state index contributed by atoms with van der Waals surface area (Å²) >= 11 is 0. The van der Waals surface area contributed by atoms with Crippen LogP contribution in [0.2, 0.25) is 0 Å². The first-order valence-electron chi connectivity index (χ1n) is 10.5. The molecular formula is C23H22FN5O2. The number of anilines is 1. The molecule has 31 heavy (non-hydrogen) atoms. The number of aromatic nitrogens is 4. The molecular weight excluding hydrogens is 397 g/mol. The van der Waals surface area contributed by atoms with Crippen LogP contribution in [0.25, 0.3) is 27.8 Å². The van der Waals surface area contributed by atoms with Gasteiger partial charge in [-0.05, 0) is 44.0 Å². The van der Waals surface area contributed by atoms with Gasteiger partial charge in [-0.15, -0.1) is 5.10 Å². The molecule has 0 bridgehead atoms. The minimum absolute atomic E-state index is 0.0863. The fourth-order valence-electron chi connectivity index (χ4n) is 4.20. The summed E-state index contributed by atoms with van der Waals surface area (Å²) in [6.07, 6.45) is 1.41. The zero-order valence-corrected chi connectivity index (χ0v) is 17.2. The zero-order valence-electron chi connectivity index (χ0n) is 17.2. The van der Waals surface area contributed by atoms with Gasteiger partial charge in [0, 0.05) is 24.0 Å². The van der Waals surface area contributed by atoms with Crippen LogP contribution in [0.1, 0.15) is 19.8 Å². The van der Waals surface area contributed by atoms with Crippen molar-refractivity contribution >= 4 is 28.3 Å². The Kier molecular flexibility index (Phi) is 4.97. The summed E-state index contributed by atoms with van der Waals surface area (Å²) < 4.78 is 21.3. The average Bonchev–Trinajstić information content (AvgIpc) is 3.23. The van der Waals surface area contributed by atoms with E-state index >= 15 is 0 Å². The monoisotopic (exact) mass is 419 g/mol. The van der Waals surface area contributed by atoms with Gasteiger partial charge >= 0.3 is 5.97 Å². The molecule has 2 aromatic carbocycles. The predicted octanol–water partition coefficient (Wildman–Crippen LogP) is 3.86. The Labute approximate surface area is 178 Å². The van der Waals surface area contributed by atoms with E-state index in [4.69, 9.17) is 9.72 Å². The molecule has 1 aliphatic heterocycles. The van der Waals surface area contributed by atoms with Crippen molar-refractivity contribution in [3.05, 3.63) is 54.3 Å². The Bertz CT molecular complexity index is 1260. The smallest absolute Gasteiger partial charge is 0.309 e. The molecule has 8 heteroatoms. The number of fused-ring (bicyclic) bond motifs is 3. The van der Waals surface area contributed by atoms with Gasteiger partial charge in [0.1, 0.15) is 17.3 Å². The van der Waals surface area contributed by atoms with Crippen LogP contribution in [0.15, 0.2) is 48.5 Å². The third-order valence-corrected chi connectivity index (χ3v) is 5.77. The van der Waals surface area contributed by atoms with Crippen LogP contribution in [0.3, 0.4) is 0 Å². The van der Waals surface area contributed by atoms with E-state index in [1.54, 1.807) is 22.7 Å². The van der Waals surface area contributed by atoms with Crippen molar-refractivity contribution in [3.8, 4) is 11.3 Å². The van der Waals surface area contributed by atoms with Crippen molar-refractivity contribution in [2.24, 2.45) is 5.92 Å². The second-order valence-corrected chi connectivity index (χ2v) is 7.62. The first-order chi connectivity index (χ1) is 15.2. The van der Waals surface area contributed by atoms with Crippen LogP contribution in [0.4, 0.5) is 10.2 Å². The van der Waals surface area contributed by atoms with Crippen LogP contribution in [-0.4, -0.2) is 45.5 Å². The third kappa shape index (κ3) is 3.37. The van der Waals surface area contributed by atoms with Crippen molar-refractivity contribution in [2.45, 2.75) is 19.8 Å². The third-order valence-electron chi connectivity index (χ3n) is 5.77. The van der Waals surface area contributed by atoms with Crippen LogP contribution in [-0.2, 0) is 9.53 Å². The second-order valence-electron chi connectivity index (χ2n) is 7.62. The molecule has 0 unspecified atom stereocenters. The van der Waals surface area contributed by atoms with Gasteiger partial charge in [0.05, 0.1) is 18.0 Å². The van der Waals surface area contributed by atoms with Crippen LogP contribution in [0.5, 0.6) is 0 Å². The topological polar surface area (TPSA) is 72.6 Å². The van der Waals surface area contributed by atoms with Gasteiger partial charge in [0.25, 0.3) is 0 Å². The number of esters is 1. The van der Waals surface area contributed by atoms with E-state index in [0.29, 0.717) is 49.4 Å². The van der Waals surface area contributed by atoms with E-state index in [0.717, 1.165) is 16.7 Å².